The summed E-state index contributed by atoms with van der Waals surface area (Å²) < 4.78 is 3.49. The molecule has 2 aliphatic carbocycles. The van der Waals surface area contributed by atoms with E-state index in [0.29, 0.717) is 12.0 Å². The van der Waals surface area contributed by atoms with E-state index >= 15 is 0 Å². The van der Waals surface area contributed by atoms with Gasteiger partial charge < -0.3 is 0 Å². The van der Waals surface area contributed by atoms with E-state index < -0.39 is 0 Å². The summed E-state index contributed by atoms with van der Waals surface area (Å²) >= 11 is 7.67. The molecule has 0 saturated carbocycles. The van der Waals surface area contributed by atoms with Crippen molar-refractivity contribution in [3.63, 3.8) is 0 Å². The average molecular weight is 539 g/mol. The molecule has 0 radical (unpaired) electrons. The zero-order valence-corrected chi connectivity index (χ0v) is 22.5. The van der Waals surface area contributed by atoms with E-state index in [1.165, 1.54) is 65.8 Å². The number of allylic oxidation sites excluding steroid dienone is 3. The van der Waals surface area contributed by atoms with Crippen molar-refractivity contribution in [2.45, 2.75) is 65.8 Å². The van der Waals surface area contributed by atoms with E-state index in [0.717, 1.165) is 0 Å². The minimum atomic E-state index is -0.0223. The third-order valence-corrected chi connectivity index (χ3v) is 9.46. The molecule has 31 heavy (non-hydrogen) atoms. The molecule has 0 bridgehead atoms. The summed E-state index contributed by atoms with van der Waals surface area (Å²) in [4.78, 5) is 0. The van der Waals surface area contributed by atoms with Crippen molar-refractivity contribution in [3.8, 4) is 0 Å². The summed E-state index contributed by atoms with van der Waals surface area (Å²) in [6.07, 6.45) is 2.37. The first-order valence-corrected chi connectivity index (χ1v) is 12.5. The monoisotopic (exact) mass is 537 g/mol. The van der Waals surface area contributed by atoms with E-state index in [-0.39, 0.29) is 5.41 Å². The highest BCUT2D eigenvalue weighted by atomic mass is 79.9. The summed E-state index contributed by atoms with van der Waals surface area (Å²) in [7, 11) is 0. The van der Waals surface area contributed by atoms with Gasteiger partial charge in [-0.2, -0.15) is 0 Å². The molecular formula is C28H29Br2N. The van der Waals surface area contributed by atoms with Gasteiger partial charge >= 0.3 is 0 Å². The molecule has 3 heteroatoms. The minimum Gasteiger partial charge on any atom is -0.297 e. The zero-order valence-electron chi connectivity index (χ0n) is 19.3. The Morgan fingerprint density at radius 3 is 2.39 bits per heavy atom. The van der Waals surface area contributed by atoms with Gasteiger partial charge in [0.1, 0.15) is 0 Å². The smallest absolute Gasteiger partial charge is 0.0879 e. The summed E-state index contributed by atoms with van der Waals surface area (Å²) in [6, 6.07) is 11.8. The van der Waals surface area contributed by atoms with Crippen molar-refractivity contribution in [2.75, 3.05) is 3.93 Å². The lowest BCUT2D eigenvalue weighted by atomic mass is 9.67. The van der Waals surface area contributed by atoms with Gasteiger partial charge in [-0.15, -0.1) is 0 Å². The lowest BCUT2D eigenvalue weighted by Crippen LogP contribution is -2.28. The van der Waals surface area contributed by atoms with Gasteiger partial charge in [0, 0.05) is 21.4 Å². The van der Waals surface area contributed by atoms with Crippen LogP contribution in [0.2, 0.25) is 0 Å². The molecule has 2 aromatic rings. The van der Waals surface area contributed by atoms with Crippen molar-refractivity contribution >= 4 is 49.4 Å². The van der Waals surface area contributed by atoms with Gasteiger partial charge in [0.2, 0.25) is 0 Å². The van der Waals surface area contributed by atoms with Crippen LogP contribution in [0.3, 0.4) is 0 Å². The quantitative estimate of drug-likeness (QED) is 0.345. The minimum absolute atomic E-state index is 0.0223. The Kier molecular flexibility index (Phi) is 4.77. The normalized spacial score (nSPS) is 22.2. The number of halogens is 2. The molecular weight excluding hydrogens is 510 g/mol. The van der Waals surface area contributed by atoms with Crippen LogP contribution >= 0.6 is 32.1 Å². The van der Waals surface area contributed by atoms with Gasteiger partial charge in [-0.05, 0) is 97.4 Å². The van der Waals surface area contributed by atoms with Crippen LogP contribution in [0.5, 0.6) is 0 Å². The number of hydrogen-bond acceptors (Lipinski definition) is 1. The maximum atomic E-state index is 3.90. The zero-order chi connectivity index (χ0) is 22.4. The van der Waals surface area contributed by atoms with Crippen LogP contribution in [0.4, 0.5) is 5.69 Å². The number of rotatable bonds is 2. The predicted molar refractivity (Wildman–Crippen MR) is 141 cm³/mol. The summed E-state index contributed by atoms with van der Waals surface area (Å²) in [6.45, 7) is 16.2. The highest BCUT2D eigenvalue weighted by molar-refractivity contribution is 9.10. The van der Waals surface area contributed by atoms with Crippen LogP contribution in [0, 0.1) is 6.92 Å². The number of aryl methyl sites for hydroxylation is 1. The third-order valence-electron chi connectivity index (χ3n) is 7.97. The molecule has 160 valence electrons. The Morgan fingerprint density at radius 1 is 0.968 bits per heavy atom. The van der Waals surface area contributed by atoms with E-state index in [1.807, 2.05) is 0 Å². The number of benzene rings is 2. The molecule has 1 aliphatic heterocycles. The molecule has 3 aliphatic rings. The predicted octanol–water partition coefficient (Wildman–Crippen LogP) is 8.86. The van der Waals surface area contributed by atoms with Crippen molar-refractivity contribution in [1.82, 2.24) is 0 Å². The second-order valence-electron chi connectivity index (χ2n) is 10.0. The Hall–Kier alpha value is -1.58. The SMILES string of the molecule is CC1=Cc2c(Br)cccc2C1C(C)(C)c1cc2c(cc1C)N(Br)C1C(C)=C(C)C(C)=C21. The summed E-state index contributed by atoms with van der Waals surface area (Å²) in [5.41, 5.74) is 15.5. The average Bonchev–Trinajstić information content (AvgIpc) is 3.28. The lowest BCUT2D eigenvalue weighted by molar-refractivity contribution is 0.456. The summed E-state index contributed by atoms with van der Waals surface area (Å²) in [5, 5.41) is 0. The molecule has 2 atom stereocenters. The van der Waals surface area contributed by atoms with Crippen molar-refractivity contribution in [2.24, 2.45) is 0 Å². The first-order valence-electron chi connectivity index (χ1n) is 11.0. The standard InChI is InChI=1S/C28H29Br2N/c1-14-12-24-21(25-17(4)16(3)18(5)27(25)31(24)30)13-22(14)28(6,7)26-15(2)11-20-19(26)9-8-10-23(20)29/h8-13,26-27H,1-7H3. The molecule has 0 amide bonds. The Balaban J connectivity index is 1.68. The number of hydrogen-bond donors (Lipinski definition) is 0. The molecule has 5 rings (SSSR count). The molecule has 2 unspecified atom stereocenters. The van der Waals surface area contributed by atoms with Crippen molar-refractivity contribution < 1.29 is 0 Å². The topological polar surface area (TPSA) is 3.24 Å². The number of fused-ring (bicyclic) bond motifs is 4. The Bertz CT molecular complexity index is 1240. The van der Waals surface area contributed by atoms with Gasteiger partial charge in [0.05, 0.1) is 27.9 Å². The second-order valence-corrected chi connectivity index (χ2v) is 11.6. The highest BCUT2D eigenvalue weighted by Gasteiger charge is 2.43. The fourth-order valence-corrected chi connectivity index (χ4v) is 7.60. The van der Waals surface area contributed by atoms with Crippen LogP contribution in [-0.4, -0.2) is 6.04 Å². The van der Waals surface area contributed by atoms with E-state index in [2.05, 4.69) is 121 Å². The van der Waals surface area contributed by atoms with Crippen LogP contribution in [0.1, 0.15) is 75.3 Å². The molecule has 0 spiro atoms. The molecule has 0 saturated heterocycles. The maximum Gasteiger partial charge on any atom is 0.0879 e. The lowest BCUT2D eigenvalue weighted by Gasteiger charge is -2.36. The maximum absolute atomic E-state index is 3.90. The van der Waals surface area contributed by atoms with Gasteiger partial charge in [-0.1, -0.05) is 53.6 Å². The van der Waals surface area contributed by atoms with Gasteiger partial charge in [-0.3, -0.25) is 3.93 Å². The largest absolute Gasteiger partial charge is 0.297 e. The van der Waals surface area contributed by atoms with Crippen LogP contribution in [0.15, 0.2) is 57.1 Å². The van der Waals surface area contributed by atoms with Crippen molar-refractivity contribution in [3.05, 3.63) is 84.9 Å². The van der Waals surface area contributed by atoms with Gasteiger partial charge in [-0.25, -0.2) is 0 Å². The second kappa shape index (κ2) is 6.96. The third kappa shape index (κ3) is 2.78. The van der Waals surface area contributed by atoms with Crippen LogP contribution < -0.4 is 3.93 Å². The van der Waals surface area contributed by atoms with E-state index in [4.69, 9.17) is 0 Å². The van der Waals surface area contributed by atoms with Crippen molar-refractivity contribution in [1.29, 1.82) is 0 Å². The fourth-order valence-electron chi connectivity index (χ4n) is 6.30. The molecule has 1 heterocycles. The van der Waals surface area contributed by atoms with Gasteiger partial charge in [0.25, 0.3) is 0 Å². The van der Waals surface area contributed by atoms with Gasteiger partial charge in [0.15, 0.2) is 0 Å². The molecule has 0 aromatic heterocycles. The Morgan fingerprint density at radius 2 is 1.68 bits per heavy atom. The molecule has 1 nitrogen and oxygen atoms in total. The number of anilines is 1. The number of nitrogens with zero attached hydrogens (tertiary/aromatic N) is 1. The van der Waals surface area contributed by atoms with E-state index in [9.17, 15) is 0 Å². The fraction of sp³-hybridized carbons (Fsp3) is 0.357. The van der Waals surface area contributed by atoms with Crippen LogP contribution in [-0.2, 0) is 5.41 Å². The van der Waals surface area contributed by atoms with Crippen LogP contribution in [0.25, 0.3) is 11.6 Å². The molecule has 0 fully saturated rings. The molecule has 0 N–H and O–H groups in total. The summed E-state index contributed by atoms with van der Waals surface area (Å²) in [5.74, 6) is 0.370. The first-order chi connectivity index (χ1) is 14.6. The van der Waals surface area contributed by atoms with E-state index in [1.54, 1.807) is 0 Å². The first kappa shape index (κ1) is 21.3. The highest BCUT2D eigenvalue weighted by Crippen LogP contribution is 2.55. The Labute approximate surface area is 203 Å². The molecule has 2 aromatic carbocycles.